The van der Waals surface area contributed by atoms with Crippen molar-refractivity contribution < 1.29 is 13.3 Å². The molecule has 110 valence electrons. The minimum Gasteiger partial charge on any atom is -0.258 e. The molecule has 0 bridgehead atoms. The summed E-state index contributed by atoms with van der Waals surface area (Å²) in [5.74, 6) is -0.411. The van der Waals surface area contributed by atoms with Gasteiger partial charge in [0.1, 0.15) is 0 Å². The smallest absolute Gasteiger partial charge is 0.258 e. The van der Waals surface area contributed by atoms with Gasteiger partial charge in [0.25, 0.3) is 5.69 Å². The molecule has 0 aliphatic rings. The Hall–Kier alpha value is -1.73. The van der Waals surface area contributed by atoms with Crippen LogP contribution in [0.25, 0.3) is 0 Å². The third-order valence-electron chi connectivity index (χ3n) is 2.96. The highest BCUT2D eigenvalue weighted by Gasteiger charge is 2.22. The van der Waals surface area contributed by atoms with E-state index in [0.717, 1.165) is 5.56 Å². The van der Waals surface area contributed by atoms with Gasteiger partial charge in [0.05, 0.1) is 15.6 Å². The predicted molar refractivity (Wildman–Crippen MR) is 82.9 cm³/mol. The molecule has 2 rings (SSSR count). The molecule has 0 heterocycles. The lowest BCUT2D eigenvalue weighted by molar-refractivity contribution is -0.385. The molecule has 0 aromatic heterocycles. The Kier molecular flexibility index (Phi) is 4.43. The van der Waals surface area contributed by atoms with Crippen LogP contribution in [0.1, 0.15) is 11.1 Å². The first-order valence-corrected chi connectivity index (χ1v) is 8.46. The summed E-state index contributed by atoms with van der Waals surface area (Å²) in [7, 11) is -3.63. The quantitative estimate of drug-likeness (QED) is 0.608. The van der Waals surface area contributed by atoms with E-state index in [0.29, 0.717) is 4.47 Å². The van der Waals surface area contributed by atoms with E-state index in [1.807, 2.05) is 6.92 Å². The van der Waals surface area contributed by atoms with Gasteiger partial charge in [-0.2, -0.15) is 0 Å². The van der Waals surface area contributed by atoms with Crippen LogP contribution in [0, 0.1) is 17.0 Å². The lowest BCUT2D eigenvalue weighted by Crippen LogP contribution is -2.07. The second-order valence-corrected chi connectivity index (χ2v) is 7.51. The number of sulfone groups is 1. The Bertz CT molecular complexity index is 785. The summed E-state index contributed by atoms with van der Waals surface area (Å²) in [4.78, 5) is 10.6. The van der Waals surface area contributed by atoms with E-state index in [-0.39, 0.29) is 16.1 Å². The Morgan fingerprint density at radius 3 is 2.33 bits per heavy atom. The molecule has 7 heteroatoms. The van der Waals surface area contributed by atoms with Gasteiger partial charge in [0.15, 0.2) is 9.84 Å². The van der Waals surface area contributed by atoms with E-state index in [2.05, 4.69) is 15.9 Å². The van der Waals surface area contributed by atoms with E-state index in [1.165, 1.54) is 30.3 Å². The highest BCUT2D eigenvalue weighted by Crippen LogP contribution is 2.27. The molecular weight excluding hydrogens is 358 g/mol. The third kappa shape index (κ3) is 3.68. The van der Waals surface area contributed by atoms with Gasteiger partial charge in [-0.3, -0.25) is 10.1 Å². The van der Waals surface area contributed by atoms with Gasteiger partial charge in [-0.05, 0) is 31.2 Å². The summed E-state index contributed by atoms with van der Waals surface area (Å²) < 4.78 is 25.3. The summed E-state index contributed by atoms with van der Waals surface area (Å²) in [6.07, 6.45) is 0. The fraction of sp³-hybridized carbons (Fsp3) is 0.143. The zero-order valence-electron chi connectivity index (χ0n) is 11.1. The molecule has 2 aromatic rings. The number of nitro benzene ring substituents is 1. The van der Waals surface area contributed by atoms with Gasteiger partial charge in [0, 0.05) is 16.1 Å². The summed E-state index contributed by atoms with van der Waals surface area (Å²) in [5, 5.41) is 11.0. The third-order valence-corrected chi connectivity index (χ3v) is 5.14. The standard InChI is InChI=1S/C14H12BrNO4S/c1-10-2-5-13(6-3-10)21(19,20)9-11-8-12(15)4-7-14(11)16(17)18/h2-8H,9H2,1H3. The van der Waals surface area contributed by atoms with Crippen molar-refractivity contribution in [3.63, 3.8) is 0 Å². The van der Waals surface area contributed by atoms with Crippen LogP contribution >= 0.6 is 15.9 Å². The number of hydrogen-bond acceptors (Lipinski definition) is 4. The van der Waals surface area contributed by atoms with Crippen molar-refractivity contribution in [2.45, 2.75) is 17.6 Å². The number of nitro groups is 1. The van der Waals surface area contributed by atoms with Crippen LogP contribution in [0.4, 0.5) is 5.69 Å². The minimum atomic E-state index is -3.63. The molecule has 0 atom stereocenters. The van der Waals surface area contributed by atoms with Gasteiger partial charge in [-0.25, -0.2) is 8.42 Å². The fourth-order valence-electron chi connectivity index (χ4n) is 1.88. The largest absolute Gasteiger partial charge is 0.273 e. The number of aryl methyl sites for hydroxylation is 1. The van der Waals surface area contributed by atoms with E-state index in [9.17, 15) is 18.5 Å². The van der Waals surface area contributed by atoms with Gasteiger partial charge >= 0.3 is 0 Å². The molecule has 0 fully saturated rings. The van der Waals surface area contributed by atoms with E-state index in [4.69, 9.17) is 0 Å². The monoisotopic (exact) mass is 369 g/mol. The molecule has 21 heavy (non-hydrogen) atoms. The second-order valence-electron chi connectivity index (χ2n) is 4.60. The molecule has 0 amide bonds. The Morgan fingerprint density at radius 1 is 1.14 bits per heavy atom. The molecule has 0 aliphatic carbocycles. The summed E-state index contributed by atoms with van der Waals surface area (Å²) in [5.41, 5.74) is 0.909. The molecule has 0 spiro atoms. The number of rotatable bonds is 4. The van der Waals surface area contributed by atoms with Crippen LogP contribution in [0.3, 0.4) is 0 Å². The second kappa shape index (κ2) is 5.95. The first-order valence-electron chi connectivity index (χ1n) is 6.02. The maximum Gasteiger partial charge on any atom is 0.273 e. The Labute approximate surface area is 130 Å². The minimum absolute atomic E-state index is 0.155. The molecule has 0 saturated heterocycles. The summed E-state index contributed by atoms with van der Waals surface area (Å²) in [6.45, 7) is 1.86. The van der Waals surface area contributed by atoms with Crippen molar-refractivity contribution in [1.29, 1.82) is 0 Å². The highest BCUT2D eigenvalue weighted by molar-refractivity contribution is 9.10. The van der Waals surface area contributed by atoms with Crippen molar-refractivity contribution in [3.8, 4) is 0 Å². The van der Waals surface area contributed by atoms with Crippen LogP contribution in [0.15, 0.2) is 51.8 Å². The van der Waals surface area contributed by atoms with Crippen molar-refractivity contribution >= 4 is 31.5 Å². The zero-order valence-corrected chi connectivity index (χ0v) is 13.5. The fourth-order valence-corrected chi connectivity index (χ4v) is 3.65. The molecular formula is C14H12BrNO4S. The van der Waals surface area contributed by atoms with Crippen molar-refractivity contribution in [2.24, 2.45) is 0 Å². The summed E-state index contributed by atoms with van der Waals surface area (Å²) >= 11 is 3.20. The van der Waals surface area contributed by atoms with E-state index in [1.54, 1.807) is 12.1 Å². The number of benzene rings is 2. The van der Waals surface area contributed by atoms with Gasteiger partial charge in [-0.15, -0.1) is 0 Å². The van der Waals surface area contributed by atoms with Crippen LogP contribution in [-0.4, -0.2) is 13.3 Å². The van der Waals surface area contributed by atoms with Crippen molar-refractivity contribution in [1.82, 2.24) is 0 Å². The lowest BCUT2D eigenvalue weighted by atomic mass is 10.2. The molecule has 0 radical (unpaired) electrons. The topological polar surface area (TPSA) is 77.3 Å². The highest BCUT2D eigenvalue weighted by atomic mass is 79.9. The zero-order chi connectivity index (χ0) is 15.6. The first kappa shape index (κ1) is 15.7. The average molecular weight is 370 g/mol. The molecule has 0 unspecified atom stereocenters. The van der Waals surface area contributed by atoms with Gasteiger partial charge < -0.3 is 0 Å². The molecule has 0 N–H and O–H groups in total. The van der Waals surface area contributed by atoms with Gasteiger partial charge in [-0.1, -0.05) is 33.6 Å². The van der Waals surface area contributed by atoms with Crippen molar-refractivity contribution in [3.05, 3.63) is 68.2 Å². The normalized spacial score (nSPS) is 11.3. The van der Waals surface area contributed by atoms with Crippen LogP contribution < -0.4 is 0 Å². The maximum absolute atomic E-state index is 12.4. The van der Waals surface area contributed by atoms with Crippen molar-refractivity contribution in [2.75, 3.05) is 0 Å². The Morgan fingerprint density at radius 2 is 1.76 bits per heavy atom. The summed E-state index contributed by atoms with van der Waals surface area (Å²) in [6, 6.07) is 10.7. The number of hydrogen-bond donors (Lipinski definition) is 0. The van der Waals surface area contributed by atoms with Crippen LogP contribution in [0.2, 0.25) is 0 Å². The number of nitrogens with zero attached hydrogens (tertiary/aromatic N) is 1. The Balaban J connectivity index is 2.43. The van der Waals surface area contributed by atoms with Gasteiger partial charge in [0.2, 0.25) is 0 Å². The van der Waals surface area contributed by atoms with Crippen LogP contribution in [-0.2, 0) is 15.6 Å². The van der Waals surface area contributed by atoms with Crippen LogP contribution in [0.5, 0.6) is 0 Å². The maximum atomic E-state index is 12.4. The number of halogens is 1. The molecule has 0 aliphatic heterocycles. The molecule has 0 saturated carbocycles. The van der Waals surface area contributed by atoms with E-state index >= 15 is 0 Å². The lowest BCUT2D eigenvalue weighted by Gasteiger charge is -2.06. The average Bonchev–Trinajstić information content (AvgIpc) is 2.38. The molecule has 5 nitrogen and oxygen atoms in total. The molecule has 2 aromatic carbocycles. The SMILES string of the molecule is Cc1ccc(S(=O)(=O)Cc2cc(Br)ccc2[N+](=O)[O-])cc1. The first-order chi connectivity index (χ1) is 9.79. The predicted octanol–water partition coefficient (Wildman–Crippen LogP) is 3.64. The van der Waals surface area contributed by atoms with E-state index < -0.39 is 20.5 Å².